The van der Waals surface area contributed by atoms with Crippen LogP contribution in [0.3, 0.4) is 0 Å². The molecule has 1 aromatic heterocycles. The second-order valence-corrected chi connectivity index (χ2v) is 4.16. The number of benzene rings is 1. The first-order valence-electron chi connectivity index (χ1n) is 5.71. The predicted octanol–water partition coefficient (Wildman–Crippen LogP) is 2.75. The van der Waals surface area contributed by atoms with Gasteiger partial charge in [0.25, 0.3) is 0 Å². The third kappa shape index (κ3) is 2.37. The predicted molar refractivity (Wildman–Crippen MR) is 74.4 cm³/mol. The summed E-state index contributed by atoms with van der Waals surface area (Å²) in [4.78, 5) is 6.35. The van der Waals surface area contributed by atoms with E-state index in [2.05, 4.69) is 4.98 Å². The smallest absolute Gasteiger partial charge is 0.134 e. The number of hydrogen-bond acceptors (Lipinski definition) is 4. The van der Waals surface area contributed by atoms with Crippen molar-refractivity contribution >= 4 is 17.2 Å². The van der Waals surface area contributed by atoms with Crippen molar-refractivity contribution in [3.05, 3.63) is 42.1 Å². The zero-order valence-corrected chi connectivity index (χ0v) is 10.8. The maximum absolute atomic E-state index is 5.90. The van der Waals surface area contributed by atoms with Gasteiger partial charge in [-0.1, -0.05) is 0 Å². The van der Waals surface area contributed by atoms with Crippen LogP contribution in [0.5, 0.6) is 5.75 Å². The van der Waals surface area contributed by atoms with E-state index in [1.54, 1.807) is 13.3 Å². The molecule has 18 heavy (non-hydrogen) atoms. The molecule has 0 saturated heterocycles. The van der Waals surface area contributed by atoms with Gasteiger partial charge >= 0.3 is 0 Å². The highest BCUT2D eigenvalue weighted by atomic mass is 16.5. The Morgan fingerprint density at radius 1 is 1.22 bits per heavy atom. The minimum Gasteiger partial charge on any atom is -0.497 e. The number of nitrogens with zero attached hydrogens (tertiary/aromatic N) is 2. The summed E-state index contributed by atoms with van der Waals surface area (Å²) in [7, 11) is 3.61. The topological polar surface area (TPSA) is 51.4 Å². The monoisotopic (exact) mass is 243 g/mol. The summed E-state index contributed by atoms with van der Waals surface area (Å²) < 4.78 is 5.14. The van der Waals surface area contributed by atoms with Gasteiger partial charge in [-0.15, -0.1) is 0 Å². The molecule has 0 unspecified atom stereocenters. The molecule has 0 spiro atoms. The maximum Gasteiger partial charge on any atom is 0.134 e. The SMILES string of the molecule is COc1ccc(N(C)c2cc(N)c(C)cn2)cc1. The van der Waals surface area contributed by atoms with Crippen LogP contribution in [0.15, 0.2) is 36.5 Å². The Morgan fingerprint density at radius 3 is 2.44 bits per heavy atom. The fourth-order valence-electron chi connectivity index (χ4n) is 1.65. The van der Waals surface area contributed by atoms with Gasteiger partial charge in [-0.25, -0.2) is 4.98 Å². The number of nitrogens with two attached hydrogens (primary N) is 1. The van der Waals surface area contributed by atoms with Crippen LogP contribution in [0.1, 0.15) is 5.56 Å². The van der Waals surface area contributed by atoms with Gasteiger partial charge in [-0.2, -0.15) is 0 Å². The van der Waals surface area contributed by atoms with E-state index in [9.17, 15) is 0 Å². The molecule has 2 N–H and O–H groups in total. The molecule has 1 heterocycles. The van der Waals surface area contributed by atoms with E-state index in [1.165, 1.54) is 0 Å². The summed E-state index contributed by atoms with van der Waals surface area (Å²) in [6.07, 6.45) is 1.78. The molecule has 0 amide bonds. The first kappa shape index (κ1) is 12.2. The molecule has 0 aliphatic rings. The van der Waals surface area contributed by atoms with E-state index in [1.807, 2.05) is 49.2 Å². The second kappa shape index (κ2) is 4.96. The lowest BCUT2D eigenvalue weighted by molar-refractivity contribution is 0.415. The zero-order chi connectivity index (χ0) is 13.1. The van der Waals surface area contributed by atoms with Gasteiger partial charge in [0.15, 0.2) is 0 Å². The lowest BCUT2D eigenvalue weighted by Gasteiger charge is -2.19. The number of ether oxygens (including phenoxy) is 1. The Hall–Kier alpha value is -2.23. The van der Waals surface area contributed by atoms with Crippen LogP contribution in [0, 0.1) is 6.92 Å². The van der Waals surface area contributed by atoms with E-state index in [4.69, 9.17) is 10.5 Å². The van der Waals surface area contributed by atoms with Crippen molar-refractivity contribution in [2.45, 2.75) is 6.92 Å². The maximum atomic E-state index is 5.90. The minimum absolute atomic E-state index is 0.750. The van der Waals surface area contributed by atoms with Crippen LogP contribution in [0.2, 0.25) is 0 Å². The lowest BCUT2D eigenvalue weighted by atomic mass is 10.2. The van der Waals surface area contributed by atoms with Crippen molar-refractivity contribution in [3.63, 3.8) is 0 Å². The standard InChI is InChI=1S/C14H17N3O/c1-10-9-16-14(8-13(10)15)17(2)11-4-6-12(18-3)7-5-11/h4-9H,1-3H3,(H2,15,16). The molecule has 0 bridgehead atoms. The van der Waals surface area contributed by atoms with Crippen LogP contribution < -0.4 is 15.4 Å². The molecular weight excluding hydrogens is 226 g/mol. The molecule has 2 aromatic rings. The van der Waals surface area contributed by atoms with E-state index >= 15 is 0 Å². The molecule has 0 saturated carbocycles. The normalized spacial score (nSPS) is 10.2. The number of pyridine rings is 1. The highest BCUT2D eigenvalue weighted by Gasteiger charge is 2.06. The number of rotatable bonds is 3. The Kier molecular flexibility index (Phi) is 3.37. The van der Waals surface area contributed by atoms with Gasteiger partial charge in [0, 0.05) is 30.7 Å². The molecule has 0 aliphatic heterocycles. The average Bonchev–Trinajstić information content (AvgIpc) is 2.41. The summed E-state index contributed by atoms with van der Waals surface area (Å²) in [5, 5.41) is 0. The van der Waals surface area contributed by atoms with E-state index in [0.29, 0.717) is 0 Å². The molecule has 2 rings (SSSR count). The summed E-state index contributed by atoms with van der Waals surface area (Å²) >= 11 is 0. The van der Waals surface area contributed by atoms with Crippen molar-refractivity contribution in [2.24, 2.45) is 0 Å². The van der Waals surface area contributed by atoms with Crippen molar-refractivity contribution in [2.75, 3.05) is 24.8 Å². The number of hydrogen-bond donors (Lipinski definition) is 1. The quantitative estimate of drug-likeness (QED) is 0.900. The van der Waals surface area contributed by atoms with Crippen molar-refractivity contribution < 1.29 is 4.74 Å². The largest absolute Gasteiger partial charge is 0.497 e. The third-order valence-electron chi connectivity index (χ3n) is 2.93. The van der Waals surface area contributed by atoms with Gasteiger partial charge in [-0.3, -0.25) is 0 Å². The molecule has 0 fully saturated rings. The number of aryl methyl sites for hydroxylation is 1. The zero-order valence-electron chi connectivity index (χ0n) is 10.8. The molecular formula is C14H17N3O. The van der Waals surface area contributed by atoms with Crippen LogP contribution >= 0.6 is 0 Å². The van der Waals surface area contributed by atoms with E-state index in [-0.39, 0.29) is 0 Å². The van der Waals surface area contributed by atoms with Gasteiger partial charge in [0.2, 0.25) is 0 Å². The first-order valence-corrected chi connectivity index (χ1v) is 5.71. The summed E-state index contributed by atoms with van der Waals surface area (Å²) in [5.41, 5.74) is 8.67. The highest BCUT2D eigenvalue weighted by molar-refractivity contribution is 5.64. The number of aromatic nitrogens is 1. The summed E-state index contributed by atoms with van der Waals surface area (Å²) in [6.45, 7) is 1.94. The molecule has 94 valence electrons. The third-order valence-corrected chi connectivity index (χ3v) is 2.93. The van der Waals surface area contributed by atoms with Gasteiger partial charge in [-0.05, 0) is 36.8 Å². The molecule has 0 radical (unpaired) electrons. The Bertz CT molecular complexity index is 537. The molecule has 1 aromatic carbocycles. The van der Waals surface area contributed by atoms with Crippen LogP contribution in [0.25, 0.3) is 0 Å². The fourth-order valence-corrected chi connectivity index (χ4v) is 1.65. The van der Waals surface area contributed by atoms with Crippen molar-refractivity contribution in [1.82, 2.24) is 4.98 Å². The molecule has 0 aliphatic carbocycles. The molecule has 0 atom stereocenters. The van der Waals surface area contributed by atoms with Crippen molar-refractivity contribution in [1.29, 1.82) is 0 Å². The van der Waals surface area contributed by atoms with E-state index in [0.717, 1.165) is 28.5 Å². The first-order chi connectivity index (χ1) is 8.61. The van der Waals surface area contributed by atoms with Gasteiger partial charge in [0.1, 0.15) is 11.6 Å². The Morgan fingerprint density at radius 2 is 1.89 bits per heavy atom. The van der Waals surface area contributed by atoms with Crippen LogP contribution in [0.4, 0.5) is 17.2 Å². The van der Waals surface area contributed by atoms with Crippen molar-refractivity contribution in [3.8, 4) is 5.75 Å². The highest BCUT2D eigenvalue weighted by Crippen LogP contribution is 2.25. The molecule has 4 heteroatoms. The number of anilines is 3. The summed E-state index contributed by atoms with van der Waals surface area (Å²) in [5.74, 6) is 1.66. The van der Waals surface area contributed by atoms with Crippen LogP contribution in [-0.2, 0) is 0 Å². The Labute approximate surface area is 107 Å². The summed E-state index contributed by atoms with van der Waals surface area (Å²) in [6, 6.07) is 9.68. The fraction of sp³-hybridized carbons (Fsp3) is 0.214. The second-order valence-electron chi connectivity index (χ2n) is 4.16. The number of methoxy groups -OCH3 is 1. The van der Waals surface area contributed by atoms with Crippen LogP contribution in [-0.4, -0.2) is 19.1 Å². The minimum atomic E-state index is 0.750. The van der Waals surface area contributed by atoms with Gasteiger partial charge in [0.05, 0.1) is 7.11 Å². The Balaban J connectivity index is 2.28. The number of nitrogen functional groups attached to an aromatic ring is 1. The molecule has 4 nitrogen and oxygen atoms in total. The van der Waals surface area contributed by atoms with E-state index < -0.39 is 0 Å². The lowest BCUT2D eigenvalue weighted by Crippen LogP contribution is -2.11. The van der Waals surface area contributed by atoms with Gasteiger partial charge < -0.3 is 15.4 Å². The average molecular weight is 243 g/mol.